The van der Waals surface area contributed by atoms with E-state index in [2.05, 4.69) is 29.5 Å². The summed E-state index contributed by atoms with van der Waals surface area (Å²) in [5.41, 5.74) is -0.353. The van der Waals surface area contributed by atoms with Gasteiger partial charge in [-0.25, -0.2) is 0 Å². The fraction of sp³-hybridized carbons (Fsp3) is 0.778. The molecular formula is C9H15N3O. The van der Waals surface area contributed by atoms with Gasteiger partial charge < -0.3 is 5.32 Å². The van der Waals surface area contributed by atoms with Crippen LogP contribution >= 0.6 is 0 Å². The van der Waals surface area contributed by atoms with Crippen LogP contribution in [-0.2, 0) is 4.79 Å². The lowest BCUT2D eigenvalue weighted by Gasteiger charge is -2.48. The Morgan fingerprint density at radius 1 is 1.54 bits per heavy atom. The van der Waals surface area contributed by atoms with Crippen LogP contribution in [0.3, 0.4) is 0 Å². The number of nitrogens with one attached hydrogen (secondary N) is 2. The van der Waals surface area contributed by atoms with Crippen molar-refractivity contribution in [2.45, 2.75) is 25.8 Å². The first-order valence-electron chi connectivity index (χ1n) is 4.66. The van der Waals surface area contributed by atoms with Crippen molar-refractivity contribution in [3.8, 4) is 0 Å². The first-order chi connectivity index (χ1) is 6.10. The molecule has 0 radical (unpaired) electrons. The van der Waals surface area contributed by atoms with Gasteiger partial charge in [0, 0.05) is 7.05 Å². The van der Waals surface area contributed by atoms with Crippen LogP contribution in [0.1, 0.15) is 20.3 Å². The van der Waals surface area contributed by atoms with Crippen molar-refractivity contribution in [1.82, 2.24) is 10.6 Å². The molecule has 1 spiro atoms. The second-order valence-corrected chi connectivity index (χ2v) is 4.09. The Balaban J connectivity index is 2.22. The predicted octanol–water partition coefficient (Wildman–Crippen LogP) is 0.106. The Bertz CT molecular complexity index is 287. The fourth-order valence-electron chi connectivity index (χ4n) is 2.29. The van der Waals surface area contributed by atoms with Gasteiger partial charge in [0.15, 0.2) is 5.96 Å². The van der Waals surface area contributed by atoms with Gasteiger partial charge in [-0.15, -0.1) is 0 Å². The molecule has 0 bridgehead atoms. The Labute approximate surface area is 77.8 Å². The topological polar surface area (TPSA) is 53.5 Å². The molecule has 2 aliphatic rings. The fourth-order valence-corrected chi connectivity index (χ4v) is 2.29. The molecule has 0 aromatic heterocycles. The number of hydrogen-bond donors (Lipinski definition) is 2. The van der Waals surface area contributed by atoms with E-state index in [1.54, 1.807) is 7.05 Å². The highest BCUT2D eigenvalue weighted by Crippen LogP contribution is 2.44. The SMILES string of the molecule is CN=C1NC(=O)C2(CC(C)C2C)N1. The molecule has 1 heterocycles. The van der Waals surface area contributed by atoms with E-state index in [0.29, 0.717) is 17.8 Å². The molecule has 2 rings (SSSR count). The van der Waals surface area contributed by atoms with Crippen molar-refractivity contribution in [2.75, 3.05) is 7.05 Å². The minimum absolute atomic E-state index is 0.0821. The van der Waals surface area contributed by atoms with E-state index in [4.69, 9.17) is 0 Å². The molecule has 1 aliphatic carbocycles. The summed E-state index contributed by atoms with van der Waals surface area (Å²) in [5.74, 6) is 1.71. The van der Waals surface area contributed by atoms with Crippen molar-refractivity contribution < 1.29 is 4.79 Å². The second kappa shape index (κ2) is 2.47. The van der Waals surface area contributed by atoms with E-state index in [0.717, 1.165) is 6.42 Å². The number of nitrogens with zero attached hydrogens (tertiary/aromatic N) is 1. The van der Waals surface area contributed by atoms with Gasteiger partial charge in [0.05, 0.1) is 0 Å². The van der Waals surface area contributed by atoms with E-state index in [-0.39, 0.29) is 11.4 Å². The van der Waals surface area contributed by atoms with Gasteiger partial charge in [-0.05, 0) is 18.3 Å². The van der Waals surface area contributed by atoms with Crippen molar-refractivity contribution in [1.29, 1.82) is 0 Å². The Morgan fingerprint density at radius 2 is 2.23 bits per heavy atom. The molecule has 4 heteroatoms. The summed E-state index contributed by atoms with van der Waals surface area (Å²) in [6.07, 6.45) is 0.916. The van der Waals surface area contributed by atoms with Gasteiger partial charge in [0.1, 0.15) is 5.54 Å². The van der Waals surface area contributed by atoms with Gasteiger partial charge in [-0.2, -0.15) is 0 Å². The van der Waals surface area contributed by atoms with Crippen LogP contribution in [-0.4, -0.2) is 24.5 Å². The molecule has 3 atom stereocenters. The molecule has 1 saturated heterocycles. The maximum Gasteiger partial charge on any atom is 0.252 e. The molecule has 2 N–H and O–H groups in total. The van der Waals surface area contributed by atoms with E-state index in [1.165, 1.54) is 0 Å². The number of rotatable bonds is 0. The number of amides is 1. The molecular weight excluding hydrogens is 166 g/mol. The predicted molar refractivity (Wildman–Crippen MR) is 50.3 cm³/mol. The Hall–Kier alpha value is -1.06. The molecule has 1 amide bonds. The monoisotopic (exact) mass is 181 g/mol. The molecule has 0 aromatic carbocycles. The third-order valence-electron chi connectivity index (χ3n) is 3.48. The molecule has 3 unspecified atom stereocenters. The van der Waals surface area contributed by atoms with E-state index in [9.17, 15) is 4.79 Å². The van der Waals surface area contributed by atoms with Crippen LogP contribution in [0.2, 0.25) is 0 Å². The molecule has 0 aromatic rings. The van der Waals surface area contributed by atoms with Gasteiger partial charge in [-0.1, -0.05) is 13.8 Å². The van der Waals surface area contributed by atoms with Crippen molar-refractivity contribution in [3.63, 3.8) is 0 Å². The van der Waals surface area contributed by atoms with E-state index < -0.39 is 0 Å². The Morgan fingerprint density at radius 3 is 2.62 bits per heavy atom. The normalized spacial score (nSPS) is 46.1. The van der Waals surface area contributed by atoms with Crippen LogP contribution in [0.15, 0.2) is 4.99 Å². The number of aliphatic imine (C=N–C) groups is 1. The summed E-state index contributed by atoms with van der Waals surface area (Å²) >= 11 is 0. The van der Waals surface area contributed by atoms with Crippen molar-refractivity contribution >= 4 is 11.9 Å². The zero-order chi connectivity index (χ0) is 9.64. The lowest BCUT2D eigenvalue weighted by atomic mass is 9.60. The minimum Gasteiger partial charge on any atom is -0.341 e. The smallest absolute Gasteiger partial charge is 0.252 e. The lowest BCUT2D eigenvalue weighted by molar-refractivity contribution is -0.132. The first kappa shape index (κ1) is 8.53. The summed E-state index contributed by atoms with van der Waals surface area (Å²) in [4.78, 5) is 15.6. The van der Waals surface area contributed by atoms with Crippen LogP contribution in [0.25, 0.3) is 0 Å². The van der Waals surface area contributed by atoms with Gasteiger partial charge >= 0.3 is 0 Å². The van der Waals surface area contributed by atoms with E-state index >= 15 is 0 Å². The molecule has 13 heavy (non-hydrogen) atoms. The number of hydrogen-bond acceptors (Lipinski definition) is 2. The van der Waals surface area contributed by atoms with Crippen LogP contribution in [0, 0.1) is 11.8 Å². The highest BCUT2D eigenvalue weighted by atomic mass is 16.2. The molecule has 2 fully saturated rings. The number of carbonyl (C=O) groups is 1. The number of carbonyl (C=O) groups excluding carboxylic acids is 1. The van der Waals surface area contributed by atoms with Gasteiger partial charge in [0.2, 0.25) is 0 Å². The highest BCUT2D eigenvalue weighted by molar-refractivity contribution is 6.09. The summed E-state index contributed by atoms with van der Waals surface area (Å²) in [6.45, 7) is 4.28. The summed E-state index contributed by atoms with van der Waals surface area (Å²) in [6, 6.07) is 0. The largest absolute Gasteiger partial charge is 0.341 e. The maximum atomic E-state index is 11.6. The minimum atomic E-state index is -0.353. The quantitative estimate of drug-likeness (QED) is 0.557. The lowest BCUT2D eigenvalue weighted by Crippen LogP contribution is -2.63. The van der Waals surface area contributed by atoms with Crippen LogP contribution < -0.4 is 10.6 Å². The zero-order valence-corrected chi connectivity index (χ0v) is 8.22. The molecule has 1 saturated carbocycles. The standard InChI is InChI=1S/C9H15N3O/c1-5-4-9(6(5)2)7(13)11-8(10-3)12-9/h5-6H,4H2,1-3H3,(H2,10,11,12,13). The zero-order valence-electron chi connectivity index (χ0n) is 8.22. The van der Waals surface area contributed by atoms with Gasteiger partial charge in [-0.3, -0.25) is 15.1 Å². The summed E-state index contributed by atoms with van der Waals surface area (Å²) < 4.78 is 0. The molecule has 4 nitrogen and oxygen atoms in total. The summed E-state index contributed by atoms with van der Waals surface area (Å²) in [5, 5.41) is 5.92. The average Bonchev–Trinajstić information content (AvgIpc) is 2.45. The maximum absolute atomic E-state index is 11.6. The third-order valence-corrected chi connectivity index (χ3v) is 3.48. The second-order valence-electron chi connectivity index (χ2n) is 4.09. The first-order valence-corrected chi connectivity index (χ1v) is 4.66. The third kappa shape index (κ3) is 0.913. The van der Waals surface area contributed by atoms with Crippen molar-refractivity contribution in [2.24, 2.45) is 16.8 Å². The van der Waals surface area contributed by atoms with Crippen LogP contribution in [0.5, 0.6) is 0 Å². The van der Waals surface area contributed by atoms with Gasteiger partial charge in [0.25, 0.3) is 5.91 Å². The Kier molecular flexibility index (Phi) is 1.62. The van der Waals surface area contributed by atoms with Crippen molar-refractivity contribution in [3.05, 3.63) is 0 Å². The highest BCUT2D eigenvalue weighted by Gasteiger charge is 2.58. The summed E-state index contributed by atoms with van der Waals surface area (Å²) in [7, 11) is 1.67. The molecule has 72 valence electrons. The molecule has 1 aliphatic heterocycles. The van der Waals surface area contributed by atoms with Crippen LogP contribution in [0.4, 0.5) is 0 Å². The average molecular weight is 181 g/mol. The van der Waals surface area contributed by atoms with E-state index in [1.807, 2.05) is 0 Å². The number of guanidine groups is 1.